The number of carbonyl (C=O) groups is 1. The van der Waals surface area contributed by atoms with Crippen molar-refractivity contribution in [2.45, 2.75) is 19.9 Å². The van der Waals surface area contributed by atoms with Gasteiger partial charge in [-0.25, -0.2) is 9.78 Å². The molecular weight excluding hydrogens is 492 g/mol. The van der Waals surface area contributed by atoms with Crippen LogP contribution in [0.15, 0.2) is 88.9 Å². The minimum Gasteiger partial charge on any atom is -0.497 e. The fourth-order valence-corrected chi connectivity index (χ4v) is 4.77. The summed E-state index contributed by atoms with van der Waals surface area (Å²) in [5, 5.41) is 0. The first-order valence-corrected chi connectivity index (χ1v) is 12.9. The minimum absolute atomic E-state index is 0.302. The number of benzene rings is 3. The van der Waals surface area contributed by atoms with Gasteiger partial charge in [0.2, 0.25) is 5.89 Å². The Balaban J connectivity index is 1.25. The lowest BCUT2D eigenvalue weighted by Crippen LogP contribution is -2.22. The molecule has 0 unspecified atom stereocenters. The maximum Gasteiger partial charge on any atom is 0.335 e. The Morgan fingerprint density at radius 1 is 0.923 bits per heavy atom. The molecule has 39 heavy (non-hydrogen) atoms. The van der Waals surface area contributed by atoms with E-state index in [0.29, 0.717) is 44.1 Å². The molecule has 1 aromatic heterocycles. The molecular formula is C32H32N2O5. The maximum atomic E-state index is 12.7. The molecule has 0 aliphatic carbocycles. The lowest BCUT2D eigenvalue weighted by molar-refractivity contribution is -0.136. The van der Waals surface area contributed by atoms with Gasteiger partial charge in [0.15, 0.2) is 0 Å². The SMILES string of the molecule is COC(=O)C1=C(c2cccc(OCCc3nc(-c4ccccc4)oc3C)c2)CN(Cc2ccc(OC)cc2)C1. The van der Waals surface area contributed by atoms with Crippen molar-refractivity contribution in [2.24, 2.45) is 0 Å². The smallest absolute Gasteiger partial charge is 0.335 e. The van der Waals surface area contributed by atoms with Crippen LogP contribution in [0, 0.1) is 6.92 Å². The third-order valence-electron chi connectivity index (χ3n) is 6.83. The number of esters is 1. The van der Waals surface area contributed by atoms with Gasteiger partial charge < -0.3 is 18.6 Å². The van der Waals surface area contributed by atoms with E-state index in [0.717, 1.165) is 45.2 Å². The summed E-state index contributed by atoms with van der Waals surface area (Å²) in [5.41, 5.74) is 5.57. The van der Waals surface area contributed by atoms with Crippen LogP contribution in [0.25, 0.3) is 17.0 Å². The van der Waals surface area contributed by atoms with Gasteiger partial charge in [-0.2, -0.15) is 0 Å². The highest BCUT2D eigenvalue weighted by Crippen LogP contribution is 2.31. The number of aryl methyl sites for hydroxylation is 1. The molecule has 0 radical (unpaired) electrons. The number of hydrogen-bond acceptors (Lipinski definition) is 7. The van der Waals surface area contributed by atoms with E-state index in [1.807, 2.05) is 85.8 Å². The van der Waals surface area contributed by atoms with Crippen molar-refractivity contribution in [3.05, 3.63) is 107 Å². The predicted octanol–water partition coefficient (Wildman–Crippen LogP) is 5.72. The zero-order valence-electron chi connectivity index (χ0n) is 22.5. The molecule has 0 amide bonds. The maximum absolute atomic E-state index is 12.7. The van der Waals surface area contributed by atoms with Gasteiger partial charge in [-0.3, -0.25) is 4.90 Å². The fraction of sp³-hybridized carbons (Fsp3) is 0.250. The first-order chi connectivity index (χ1) is 19.0. The average molecular weight is 525 g/mol. The normalized spacial score (nSPS) is 13.5. The molecule has 0 saturated heterocycles. The van der Waals surface area contributed by atoms with Gasteiger partial charge in [0, 0.05) is 31.6 Å². The highest BCUT2D eigenvalue weighted by Gasteiger charge is 2.28. The number of rotatable bonds is 10. The van der Waals surface area contributed by atoms with Crippen molar-refractivity contribution < 1.29 is 23.4 Å². The number of carbonyl (C=O) groups excluding carboxylic acids is 1. The van der Waals surface area contributed by atoms with Gasteiger partial charge in [0.1, 0.15) is 17.3 Å². The van der Waals surface area contributed by atoms with Crippen LogP contribution < -0.4 is 9.47 Å². The topological polar surface area (TPSA) is 74.0 Å². The zero-order valence-corrected chi connectivity index (χ0v) is 22.5. The van der Waals surface area contributed by atoms with Crippen molar-refractivity contribution in [1.82, 2.24) is 9.88 Å². The molecule has 1 aliphatic rings. The Bertz CT molecular complexity index is 1460. The van der Waals surface area contributed by atoms with Gasteiger partial charge in [0.05, 0.1) is 32.1 Å². The third kappa shape index (κ3) is 6.21. The lowest BCUT2D eigenvalue weighted by atomic mass is 10.0. The largest absolute Gasteiger partial charge is 0.497 e. The molecule has 0 fully saturated rings. The van der Waals surface area contributed by atoms with E-state index in [4.69, 9.17) is 18.6 Å². The zero-order chi connectivity index (χ0) is 27.2. The summed E-state index contributed by atoms with van der Waals surface area (Å²) < 4.78 is 22.4. The molecule has 3 aromatic carbocycles. The van der Waals surface area contributed by atoms with Crippen LogP contribution in [-0.4, -0.2) is 49.8 Å². The van der Waals surface area contributed by atoms with E-state index in [-0.39, 0.29) is 5.97 Å². The number of oxazole rings is 1. The van der Waals surface area contributed by atoms with Gasteiger partial charge in [-0.05, 0) is 60.0 Å². The van der Waals surface area contributed by atoms with Crippen molar-refractivity contribution in [1.29, 1.82) is 0 Å². The average Bonchev–Trinajstić information content (AvgIpc) is 3.57. The quantitative estimate of drug-likeness (QED) is 0.246. The van der Waals surface area contributed by atoms with Crippen molar-refractivity contribution in [2.75, 3.05) is 33.9 Å². The molecule has 0 spiro atoms. The van der Waals surface area contributed by atoms with Crippen LogP contribution in [0.5, 0.6) is 11.5 Å². The van der Waals surface area contributed by atoms with E-state index < -0.39 is 0 Å². The van der Waals surface area contributed by atoms with E-state index in [1.54, 1.807) is 7.11 Å². The Hall–Kier alpha value is -4.36. The summed E-state index contributed by atoms with van der Waals surface area (Å²) in [6, 6.07) is 25.7. The van der Waals surface area contributed by atoms with Crippen LogP contribution in [-0.2, 0) is 22.5 Å². The number of hydrogen-bond donors (Lipinski definition) is 0. The van der Waals surface area contributed by atoms with Crippen LogP contribution in [0.4, 0.5) is 0 Å². The standard InChI is InChI=1S/C32H32N2O5/c1-22-30(33-31(39-22)24-8-5-4-6-9-24)16-17-38-27-11-7-10-25(18-27)28-20-34(21-29(28)32(35)37-3)19-23-12-14-26(36-2)15-13-23/h4-15,18H,16-17,19-21H2,1-3H3. The van der Waals surface area contributed by atoms with Crippen molar-refractivity contribution in [3.63, 3.8) is 0 Å². The second kappa shape index (κ2) is 12.0. The summed E-state index contributed by atoms with van der Waals surface area (Å²) in [6.07, 6.45) is 0.623. The Morgan fingerprint density at radius 2 is 1.69 bits per heavy atom. The van der Waals surface area contributed by atoms with Crippen LogP contribution >= 0.6 is 0 Å². The fourth-order valence-electron chi connectivity index (χ4n) is 4.77. The molecule has 1 aliphatic heterocycles. The van der Waals surface area contributed by atoms with Gasteiger partial charge in [-0.1, -0.05) is 42.5 Å². The number of ether oxygens (including phenoxy) is 3. The molecule has 2 heterocycles. The second-order valence-corrected chi connectivity index (χ2v) is 9.46. The molecule has 0 saturated carbocycles. The van der Waals surface area contributed by atoms with Gasteiger partial charge >= 0.3 is 5.97 Å². The summed E-state index contributed by atoms with van der Waals surface area (Å²) in [6.45, 7) is 4.26. The summed E-state index contributed by atoms with van der Waals surface area (Å²) in [5.74, 6) is 2.67. The molecule has 0 atom stereocenters. The van der Waals surface area contributed by atoms with E-state index >= 15 is 0 Å². The number of methoxy groups -OCH3 is 2. The first-order valence-electron chi connectivity index (χ1n) is 12.9. The number of nitrogens with zero attached hydrogens (tertiary/aromatic N) is 2. The monoisotopic (exact) mass is 524 g/mol. The molecule has 5 rings (SSSR count). The first kappa shape index (κ1) is 26.3. The Kier molecular flexibility index (Phi) is 8.08. The Morgan fingerprint density at radius 3 is 2.44 bits per heavy atom. The van der Waals surface area contributed by atoms with Gasteiger partial charge in [-0.15, -0.1) is 0 Å². The molecule has 200 valence electrons. The molecule has 7 heteroatoms. The summed E-state index contributed by atoms with van der Waals surface area (Å²) in [7, 11) is 3.08. The number of aromatic nitrogens is 1. The highest BCUT2D eigenvalue weighted by molar-refractivity contribution is 5.99. The van der Waals surface area contributed by atoms with E-state index in [1.165, 1.54) is 7.11 Å². The molecule has 0 N–H and O–H groups in total. The lowest BCUT2D eigenvalue weighted by Gasteiger charge is -2.16. The predicted molar refractivity (Wildman–Crippen MR) is 150 cm³/mol. The molecule has 7 nitrogen and oxygen atoms in total. The van der Waals surface area contributed by atoms with Crippen LogP contribution in [0.3, 0.4) is 0 Å². The summed E-state index contributed by atoms with van der Waals surface area (Å²) in [4.78, 5) is 19.6. The highest BCUT2D eigenvalue weighted by atomic mass is 16.5. The van der Waals surface area contributed by atoms with Crippen molar-refractivity contribution in [3.8, 4) is 23.0 Å². The minimum atomic E-state index is -0.302. The van der Waals surface area contributed by atoms with Crippen LogP contribution in [0.1, 0.15) is 22.6 Å². The van der Waals surface area contributed by atoms with Crippen LogP contribution in [0.2, 0.25) is 0 Å². The Labute approximate surface area is 228 Å². The second-order valence-electron chi connectivity index (χ2n) is 9.46. The molecule has 0 bridgehead atoms. The van der Waals surface area contributed by atoms with Crippen molar-refractivity contribution >= 4 is 11.5 Å². The molecule has 4 aromatic rings. The van der Waals surface area contributed by atoms with E-state index in [2.05, 4.69) is 9.88 Å². The summed E-state index contributed by atoms with van der Waals surface area (Å²) >= 11 is 0. The third-order valence-corrected chi connectivity index (χ3v) is 6.83. The van der Waals surface area contributed by atoms with E-state index in [9.17, 15) is 4.79 Å². The van der Waals surface area contributed by atoms with Gasteiger partial charge in [0.25, 0.3) is 0 Å².